The number of nitrogens with zero attached hydrogens (tertiary/aromatic N) is 1. The Morgan fingerprint density at radius 1 is 1.50 bits per heavy atom. The molecule has 0 amide bonds. The Balaban J connectivity index is 2.35. The summed E-state index contributed by atoms with van der Waals surface area (Å²) in [5.74, 6) is -0.288. The fourth-order valence-corrected chi connectivity index (χ4v) is 3.63. The molecule has 2 rings (SSSR count). The molecule has 1 aromatic heterocycles. The summed E-state index contributed by atoms with van der Waals surface area (Å²) in [6.07, 6.45) is 5.99. The first-order chi connectivity index (χ1) is 8.60. The topological polar surface area (TPSA) is 65.2 Å². The van der Waals surface area contributed by atoms with Gasteiger partial charge in [0.05, 0.1) is 18.3 Å². The Hall–Kier alpha value is -0.940. The molecule has 0 aliphatic heterocycles. The fraction of sp³-hybridized carbons (Fsp3) is 0.692. The number of aryl methyl sites for hydroxylation is 1. The summed E-state index contributed by atoms with van der Waals surface area (Å²) in [7, 11) is 1.41. The van der Waals surface area contributed by atoms with Crippen LogP contribution in [0.5, 0.6) is 0 Å². The van der Waals surface area contributed by atoms with Gasteiger partial charge in [0.15, 0.2) is 0 Å². The van der Waals surface area contributed by atoms with Crippen molar-refractivity contribution in [3.05, 3.63) is 15.6 Å². The zero-order valence-electron chi connectivity index (χ0n) is 11.0. The lowest BCUT2D eigenvalue weighted by Crippen LogP contribution is -2.32. The molecule has 0 spiro atoms. The first-order valence-electron chi connectivity index (χ1n) is 6.48. The Morgan fingerprint density at radius 2 is 2.17 bits per heavy atom. The third-order valence-corrected chi connectivity index (χ3v) is 4.77. The SMILES string of the molecule is CCCc1nc(C2(N)CCCC2)sc1C(=O)OC. The molecule has 5 heteroatoms. The second kappa shape index (κ2) is 5.36. The van der Waals surface area contributed by atoms with Crippen LogP contribution in [-0.4, -0.2) is 18.1 Å². The zero-order valence-corrected chi connectivity index (χ0v) is 11.8. The van der Waals surface area contributed by atoms with E-state index in [1.54, 1.807) is 0 Å². The van der Waals surface area contributed by atoms with Crippen LogP contribution in [0.4, 0.5) is 0 Å². The van der Waals surface area contributed by atoms with Crippen LogP contribution in [0, 0.1) is 0 Å². The first-order valence-corrected chi connectivity index (χ1v) is 7.29. The van der Waals surface area contributed by atoms with Crippen molar-refractivity contribution in [2.75, 3.05) is 7.11 Å². The number of thiazole rings is 1. The molecule has 0 aromatic carbocycles. The van der Waals surface area contributed by atoms with Crippen molar-refractivity contribution in [2.45, 2.75) is 51.0 Å². The molecule has 0 bridgehead atoms. The number of carbonyl (C=O) groups is 1. The largest absolute Gasteiger partial charge is 0.465 e. The van der Waals surface area contributed by atoms with Gasteiger partial charge in [-0.05, 0) is 19.3 Å². The lowest BCUT2D eigenvalue weighted by atomic mass is 10.0. The van der Waals surface area contributed by atoms with E-state index in [4.69, 9.17) is 10.5 Å². The van der Waals surface area contributed by atoms with E-state index in [0.717, 1.165) is 49.2 Å². The molecule has 2 N–H and O–H groups in total. The van der Waals surface area contributed by atoms with Gasteiger partial charge in [0.25, 0.3) is 0 Å². The van der Waals surface area contributed by atoms with E-state index in [1.807, 2.05) is 0 Å². The normalized spacial score (nSPS) is 17.9. The molecule has 100 valence electrons. The number of ether oxygens (including phenoxy) is 1. The smallest absolute Gasteiger partial charge is 0.349 e. The van der Waals surface area contributed by atoms with E-state index in [1.165, 1.54) is 18.4 Å². The third kappa shape index (κ3) is 2.42. The van der Waals surface area contributed by atoms with E-state index in [0.29, 0.717) is 4.88 Å². The van der Waals surface area contributed by atoms with Crippen LogP contribution in [0.2, 0.25) is 0 Å². The summed E-state index contributed by atoms with van der Waals surface area (Å²) in [6.45, 7) is 2.08. The Bertz CT molecular complexity index is 436. The Morgan fingerprint density at radius 3 is 2.72 bits per heavy atom. The molecular weight excluding hydrogens is 248 g/mol. The molecule has 0 saturated heterocycles. The fourth-order valence-electron chi connectivity index (χ4n) is 2.44. The quantitative estimate of drug-likeness (QED) is 0.852. The minimum atomic E-state index is -0.320. The molecular formula is C13H20N2O2S. The lowest BCUT2D eigenvalue weighted by Gasteiger charge is -2.19. The number of nitrogens with two attached hydrogens (primary N) is 1. The van der Waals surface area contributed by atoms with Crippen LogP contribution in [0.15, 0.2) is 0 Å². The van der Waals surface area contributed by atoms with Gasteiger partial charge in [0.2, 0.25) is 0 Å². The third-order valence-electron chi connectivity index (χ3n) is 3.48. The molecule has 1 aliphatic rings. The molecule has 1 aliphatic carbocycles. The van der Waals surface area contributed by atoms with Crippen LogP contribution >= 0.6 is 11.3 Å². The molecule has 1 saturated carbocycles. The van der Waals surface area contributed by atoms with Crippen LogP contribution in [0.1, 0.15) is 59.4 Å². The summed E-state index contributed by atoms with van der Waals surface area (Å²) >= 11 is 1.42. The Labute approximate surface area is 112 Å². The second-order valence-corrected chi connectivity index (χ2v) is 5.90. The number of methoxy groups -OCH3 is 1. The van der Waals surface area contributed by atoms with Gasteiger partial charge in [-0.1, -0.05) is 26.2 Å². The predicted octanol–water partition coefficient (Wildman–Crippen LogP) is 2.61. The molecule has 0 atom stereocenters. The highest BCUT2D eigenvalue weighted by molar-refractivity contribution is 7.13. The second-order valence-electron chi connectivity index (χ2n) is 4.90. The molecule has 0 radical (unpaired) electrons. The summed E-state index contributed by atoms with van der Waals surface area (Å²) in [4.78, 5) is 17.0. The van der Waals surface area contributed by atoms with Gasteiger partial charge in [0, 0.05) is 0 Å². The number of aromatic nitrogens is 1. The summed E-state index contributed by atoms with van der Waals surface area (Å²) in [6, 6.07) is 0. The minimum absolute atomic E-state index is 0.288. The maximum Gasteiger partial charge on any atom is 0.349 e. The van der Waals surface area contributed by atoms with Gasteiger partial charge in [-0.2, -0.15) is 0 Å². The summed E-state index contributed by atoms with van der Waals surface area (Å²) in [5.41, 5.74) is 6.92. The van der Waals surface area contributed by atoms with Gasteiger partial charge >= 0.3 is 5.97 Å². The Kier molecular flexibility index (Phi) is 4.02. The van der Waals surface area contributed by atoms with Gasteiger partial charge in [-0.3, -0.25) is 0 Å². The maximum absolute atomic E-state index is 11.7. The monoisotopic (exact) mass is 268 g/mol. The predicted molar refractivity (Wildman–Crippen MR) is 71.8 cm³/mol. The summed E-state index contributed by atoms with van der Waals surface area (Å²) < 4.78 is 4.82. The number of hydrogen-bond donors (Lipinski definition) is 1. The van der Waals surface area contributed by atoms with Gasteiger partial charge in [-0.15, -0.1) is 11.3 Å². The van der Waals surface area contributed by atoms with E-state index in [-0.39, 0.29) is 11.5 Å². The van der Waals surface area contributed by atoms with Crippen molar-refractivity contribution in [1.29, 1.82) is 0 Å². The zero-order chi connectivity index (χ0) is 13.2. The number of carbonyl (C=O) groups excluding carboxylic acids is 1. The van der Waals surface area contributed by atoms with Crippen LogP contribution in [0.25, 0.3) is 0 Å². The van der Waals surface area contributed by atoms with Crippen molar-refractivity contribution in [3.8, 4) is 0 Å². The average molecular weight is 268 g/mol. The molecule has 1 fully saturated rings. The lowest BCUT2D eigenvalue weighted by molar-refractivity contribution is 0.0605. The maximum atomic E-state index is 11.7. The average Bonchev–Trinajstić information content (AvgIpc) is 2.96. The standard InChI is InChI=1S/C13H20N2O2S/c1-3-6-9-10(11(16)17-2)18-12(15-9)13(14)7-4-5-8-13/h3-8,14H2,1-2H3. The van der Waals surface area contributed by atoms with E-state index in [9.17, 15) is 4.79 Å². The van der Waals surface area contributed by atoms with Gasteiger partial charge < -0.3 is 10.5 Å². The molecule has 0 unspecified atom stereocenters. The molecule has 1 aromatic rings. The van der Waals surface area contributed by atoms with Crippen LogP contribution in [0.3, 0.4) is 0 Å². The van der Waals surface area contributed by atoms with Crippen molar-refractivity contribution in [2.24, 2.45) is 5.73 Å². The van der Waals surface area contributed by atoms with E-state index in [2.05, 4.69) is 11.9 Å². The molecule has 18 heavy (non-hydrogen) atoms. The van der Waals surface area contributed by atoms with E-state index >= 15 is 0 Å². The van der Waals surface area contributed by atoms with Crippen molar-refractivity contribution >= 4 is 17.3 Å². The van der Waals surface area contributed by atoms with Crippen LogP contribution in [-0.2, 0) is 16.7 Å². The minimum Gasteiger partial charge on any atom is -0.465 e. The molecule has 1 heterocycles. The van der Waals surface area contributed by atoms with Crippen molar-refractivity contribution in [1.82, 2.24) is 4.98 Å². The molecule has 4 nitrogen and oxygen atoms in total. The summed E-state index contributed by atoms with van der Waals surface area (Å²) in [5, 5.41) is 0.906. The highest BCUT2D eigenvalue weighted by Gasteiger charge is 2.35. The van der Waals surface area contributed by atoms with Crippen LogP contribution < -0.4 is 5.73 Å². The van der Waals surface area contributed by atoms with Crippen molar-refractivity contribution < 1.29 is 9.53 Å². The number of esters is 1. The van der Waals surface area contributed by atoms with E-state index < -0.39 is 0 Å². The van der Waals surface area contributed by atoms with Gasteiger partial charge in [-0.25, -0.2) is 9.78 Å². The first kappa shape index (κ1) is 13.5. The van der Waals surface area contributed by atoms with Crippen molar-refractivity contribution in [3.63, 3.8) is 0 Å². The van der Waals surface area contributed by atoms with Gasteiger partial charge in [0.1, 0.15) is 9.88 Å². The number of rotatable bonds is 4. The highest BCUT2D eigenvalue weighted by atomic mass is 32.1. The number of hydrogen-bond acceptors (Lipinski definition) is 5. The highest BCUT2D eigenvalue weighted by Crippen LogP contribution is 2.39.